The van der Waals surface area contributed by atoms with Gasteiger partial charge >= 0.3 is 0 Å². The number of amides is 2. The van der Waals surface area contributed by atoms with E-state index in [9.17, 15) is 18.4 Å². The zero-order valence-corrected chi connectivity index (χ0v) is 15.7. The van der Waals surface area contributed by atoms with Gasteiger partial charge in [0.05, 0.1) is 23.6 Å². The number of H-pyrrole nitrogens is 1. The van der Waals surface area contributed by atoms with Crippen LogP contribution in [0.4, 0.5) is 8.78 Å². The minimum Gasteiger partial charge on any atom is -0.347 e. The number of imidazole rings is 1. The molecule has 1 aliphatic rings. The molecular formula is C20H19F2N5O2. The Hall–Kier alpha value is -3.36. The Labute approximate surface area is 165 Å². The number of rotatable bonds is 3. The smallest absolute Gasteiger partial charge is 0.273 e. The first-order valence-corrected chi connectivity index (χ1v) is 9.27. The molecule has 2 aromatic heterocycles. The maximum absolute atomic E-state index is 13.8. The second kappa shape index (κ2) is 7.57. The highest BCUT2D eigenvalue weighted by molar-refractivity contribution is 6.04. The molecule has 1 aromatic carbocycles. The van der Waals surface area contributed by atoms with Crippen LogP contribution < -0.4 is 5.32 Å². The number of nitrogens with one attached hydrogen (secondary N) is 2. The Balaban J connectivity index is 1.43. The Kier molecular flexibility index (Phi) is 4.96. The Bertz CT molecular complexity index is 1080. The largest absolute Gasteiger partial charge is 0.347 e. The molecule has 2 amide bonds. The standard InChI is InChI=1S/C20H19F2N5O2/c1-11-9-27(20(29)13-3-2-4-16-17(13)25-10-24-16)6-5-15(11)26-19(28)18-14(22)7-12(21)8-23-18/h2-4,7-8,10-11,15H,5-6,9H2,1H3,(H,24,25)(H,26,28). The number of piperidine rings is 1. The van der Waals surface area contributed by atoms with Crippen LogP contribution in [0.25, 0.3) is 11.0 Å². The molecule has 1 saturated heterocycles. The number of fused-ring (bicyclic) bond motifs is 1. The van der Waals surface area contributed by atoms with Gasteiger partial charge in [-0.05, 0) is 24.5 Å². The summed E-state index contributed by atoms with van der Waals surface area (Å²) in [7, 11) is 0. The topological polar surface area (TPSA) is 91.0 Å². The van der Waals surface area contributed by atoms with Crippen molar-refractivity contribution in [2.24, 2.45) is 5.92 Å². The van der Waals surface area contributed by atoms with E-state index in [-0.39, 0.29) is 17.9 Å². The van der Waals surface area contributed by atoms with Crippen molar-refractivity contribution in [2.75, 3.05) is 13.1 Å². The summed E-state index contributed by atoms with van der Waals surface area (Å²) < 4.78 is 26.8. The van der Waals surface area contributed by atoms with E-state index in [2.05, 4.69) is 20.3 Å². The molecule has 7 nitrogen and oxygen atoms in total. The van der Waals surface area contributed by atoms with Gasteiger partial charge in [0.25, 0.3) is 11.8 Å². The van der Waals surface area contributed by atoms with E-state index in [0.717, 1.165) is 11.7 Å². The number of aromatic amines is 1. The van der Waals surface area contributed by atoms with Crippen LogP contribution in [-0.4, -0.2) is 50.8 Å². The van der Waals surface area contributed by atoms with E-state index in [1.807, 2.05) is 13.0 Å². The number of halogens is 2. The van der Waals surface area contributed by atoms with Crippen molar-refractivity contribution in [2.45, 2.75) is 19.4 Å². The van der Waals surface area contributed by atoms with Crippen LogP contribution in [0.5, 0.6) is 0 Å². The molecule has 0 spiro atoms. The van der Waals surface area contributed by atoms with Gasteiger partial charge in [0, 0.05) is 25.2 Å². The fourth-order valence-corrected chi connectivity index (χ4v) is 3.67. The molecule has 2 N–H and O–H groups in total. The summed E-state index contributed by atoms with van der Waals surface area (Å²) in [6, 6.07) is 5.77. The van der Waals surface area contributed by atoms with E-state index in [4.69, 9.17) is 0 Å². The van der Waals surface area contributed by atoms with Crippen LogP contribution >= 0.6 is 0 Å². The lowest BCUT2D eigenvalue weighted by Gasteiger charge is -2.37. The van der Waals surface area contributed by atoms with E-state index in [1.54, 1.807) is 23.4 Å². The van der Waals surface area contributed by atoms with Crippen molar-refractivity contribution >= 4 is 22.8 Å². The van der Waals surface area contributed by atoms with Crippen LogP contribution in [0, 0.1) is 17.6 Å². The Morgan fingerprint density at radius 2 is 2.10 bits per heavy atom. The van der Waals surface area contributed by atoms with E-state index < -0.39 is 23.2 Å². The molecule has 0 aliphatic carbocycles. The zero-order valence-electron chi connectivity index (χ0n) is 15.7. The van der Waals surface area contributed by atoms with Crippen LogP contribution in [0.3, 0.4) is 0 Å². The molecular weight excluding hydrogens is 380 g/mol. The van der Waals surface area contributed by atoms with Gasteiger partial charge in [0.15, 0.2) is 11.5 Å². The first-order chi connectivity index (χ1) is 13.9. The van der Waals surface area contributed by atoms with Crippen molar-refractivity contribution < 1.29 is 18.4 Å². The quantitative estimate of drug-likeness (QED) is 0.708. The van der Waals surface area contributed by atoms with Gasteiger partial charge in [0.2, 0.25) is 0 Å². The van der Waals surface area contributed by atoms with Crippen LogP contribution in [0.2, 0.25) is 0 Å². The molecule has 9 heteroatoms. The highest BCUT2D eigenvalue weighted by Gasteiger charge is 2.31. The molecule has 0 bridgehead atoms. The Morgan fingerprint density at radius 1 is 1.28 bits per heavy atom. The molecule has 1 fully saturated rings. The number of para-hydroxylation sites is 1. The predicted molar refractivity (Wildman–Crippen MR) is 101 cm³/mol. The molecule has 0 radical (unpaired) electrons. The van der Waals surface area contributed by atoms with Gasteiger partial charge in [-0.25, -0.2) is 18.7 Å². The molecule has 2 atom stereocenters. The van der Waals surface area contributed by atoms with Gasteiger partial charge in [-0.1, -0.05) is 13.0 Å². The van der Waals surface area contributed by atoms with Gasteiger partial charge in [0.1, 0.15) is 11.3 Å². The van der Waals surface area contributed by atoms with Crippen LogP contribution in [0.15, 0.2) is 36.8 Å². The molecule has 1 aliphatic heterocycles. The summed E-state index contributed by atoms with van der Waals surface area (Å²) in [5, 5.41) is 2.75. The van der Waals surface area contributed by atoms with Gasteiger partial charge in [-0.15, -0.1) is 0 Å². The van der Waals surface area contributed by atoms with Gasteiger partial charge in [-0.2, -0.15) is 0 Å². The molecule has 3 heterocycles. The Morgan fingerprint density at radius 3 is 2.86 bits per heavy atom. The summed E-state index contributed by atoms with van der Waals surface area (Å²) >= 11 is 0. The number of carbonyl (C=O) groups excluding carboxylic acids is 2. The van der Waals surface area contributed by atoms with Crippen LogP contribution in [-0.2, 0) is 0 Å². The van der Waals surface area contributed by atoms with Crippen molar-refractivity contribution in [1.82, 2.24) is 25.2 Å². The second-order valence-electron chi connectivity index (χ2n) is 7.19. The first kappa shape index (κ1) is 19.0. The number of likely N-dealkylation sites (tertiary alicyclic amines) is 1. The lowest BCUT2D eigenvalue weighted by Crippen LogP contribution is -2.51. The van der Waals surface area contributed by atoms with Crippen molar-refractivity contribution in [1.29, 1.82) is 0 Å². The molecule has 3 aromatic rings. The average molecular weight is 399 g/mol. The van der Waals surface area contributed by atoms with E-state index >= 15 is 0 Å². The first-order valence-electron chi connectivity index (χ1n) is 9.27. The fraction of sp³-hybridized carbons (Fsp3) is 0.300. The van der Waals surface area contributed by atoms with E-state index in [1.165, 1.54) is 0 Å². The number of hydrogen-bond donors (Lipinski definition) is 2. The number of hydrogen-bond acceptors (Lipinski definition) is 4. The summed E-state index contributed by atoms with van der Waals surface area (Å²) in [5.74, 6) is -2.72. The maximum Gasteiger partial charge on any atom is 0.273 e. The second-order valence-corrected chi connectivity index (χ2v) is 7.19. The third kappa shape index (κ3) is 3.67. The molecule has 4 rings (SSSR count). The third-order valence-corrected chi connectivity index (χ3v) is 5.21. The molecule has 2 unspecified atom stereocenters. The molecule has 150 valence electrons. The summed E-state index contributed by atoms with van der Waals surface area (Å²) in [6.45, 7) is 2.78. The van der Waals surface area contributed by atoms with Gasteiger partial charge < -0.3 is 15.2 Å². The average Bonchev–Trinajstić information content (AvgIpc) is 3.17. The van der Waals surface area contributed by atoms with Gasteiger partial charge in [-0.3, -0.25) is 9.59 Å². The van der Waals surface area contributed by atoms with Crippen molar-refractivity contribution in [3.05, 3.63) is 59.7 Å². The summed E-state index contributed by atoms with van der Waals surface area (Å²) in [5.41, 5.74) is 1.50. The number of carbonyl (C=O) groups is 2. The molecule has 29 heavy (non-hydrogen) atoms. The number of nitrogens with zero attached hydrogens (tertiary/aromatic N) is 3. The number of aromatic nitrogens is 3. The summed E-state index contributed by atoms with van der Waals surface area (Å²) in [4.78, 5) is 37.8. The minimum atomic E-state index is -1.00. The van der Waals surface area contributed by atoms with Crippen LogP contribution in [0.1, 0.15) is 34.2 Å². The lowest BCUT2D eigenvalue weighted by atomic mass is 9.93. The third-order valence-electron chi connectivity index (χ3n) is 5.21. The zero-order chi connectivity index (χ0) is 20.5. The van der Waals surface area contributed by atoms with Crippen molar-refractivity contribution in [3.63, 3.8) is 0 Å². The number of benzene rings is 1. The monoisotopic (exact) mass is 399 g/mol. The SMILES string of the molecule is CC1CN(C(=O)c2cccc3[nH]cnc23)CCC1NC(=O)c1ncc(F)cc1F. The maximum atomic E-state index is 13.8. The number of pyridine rings is 1. The predicted octanol–water partition coefficient (Wildman–Crippen LogP) is 2.52. The highest BCUT2D eigenvalue weighted by Crippen LogP contribution is 2.22. The highest BCUT2D eigenvalue weighted by atomic mass is 19.1. The lowest BCUT2D eigenvalue weighted by molar-refractivity contribution is 0.0634. The summed E-state index contributed by atoms with van der Waals surface area (Å²) in [6.07, 6.45) is 2.87. The fourth-order valence-electron chi connectivity index (χ4n) is 3.67. The van der Waals surface area contributed by atoms with E-state index in [0.29, 0.717) is 36.7 Å². The minimum absolute atomic E-state index is 0.0569. The molecule has 0 saturated carbocycles. The normalized spacial score (nSPS) is 19.3. The van der Waals surface area contributed by atoms with Crippen molar-refractivity contribution in [3.8, 4) is 0 Å².